The molecule has 4 heteroatoms. The van der Waals surface area contributed by atoms with Crippen LogP contribution in [0.5, 0.6) is 0 Å². The molecular formula is C46H28N2O2. The summed E-state index contributed by atoms with van der Waals surface area (Å²) in [7, 11) is 0. The number of nitrogens with zero attached hydrogens (tertiary/aromatic N) is 2. The van der Waals surface area contributed by atoms with Crippen molar-refractivity contribution in [3.63, 3.8) is 0 Å². The Balaban J connectivity index is 1.11. The van der Waals surface area contributed by atoms with E-state index in [0.29, 0.717) is 5.82 Å². The van der Waals surface area contributed by atoms with Crippen molar-refractivity contribution in [2.24, 2.45) is 0 Å². The molecule has 0 aliphatic heterocycles. The van der Waals surface area contributed by atoms with Gasteiger partial charge in [-0.1, -0.05) is 146 Å². The Kier molecular flexibility index (Phi) is 6.46. The van der Waals surface area contributed by atoms with Gasteiger partial charge >= 0.3 is 0 Å². The fourth-order valence-electron chi connectivity index (χ4n) is 7.08. The third-order valence-electron chi connectivity index (χ3n) is 9.50. The number of benzene rings is 7. The summed E-state index contributed by atoms with van der Waals surface area (Å²) in [5, 5.41) is 4.30. The zero-order valence-corrected chi connectivity index (χ0v) is 26.9. The van der Waals surface area contributed by atoms with E-state index in [0.717, 1.165) is 94.2 Å². The number of hydrogen-bond donors (Lipinski definition) is 0. The molecule has 0 N–H and O–H groups in total. The predicted molar refractivity (Wildman–Crippen MR) is 204 cm³/mol. The first kappa shape index (κ1) is 28.3. The molecule has 0 spiro atoms. The highest BCUT2D eigenvalue weighted by Gasteiger charge is 2.18. The normalized spacial score (nSPS) is 11.6. The summed E-state index contributed by atoms with van der Waals surface area (Å²) in [5.74, 6) is 0.694. The van der Waals surface area contributed by atoms with Gasteiger partial charge in [0, 0.05) is 55.4 Å². The van der Waals surface area contributed by atoms with E-state index in [-0.39, 0.29) is 0 Å². The van der Waals surface area contributed by atoms with E-state index in [9.17, 15) is 0 Å². The largest absolute Gasteiger partial charge is 0.455 e. The lowest BCUT2D eigenvalue weighted by Crippen LogP contribution is -1.96. The van der Waals surface area contributed by atoms with Crippen LogP contribution >= 0.6 is 0 Å². The van der Waals surface area contributed by atoms with Crippen molar-refractivity contribution < 1.29 is 8.83 Å². The fourth-order valence-corrected chi connectivity index (χ4v) is 7.08. The number of para-hydroxylation sites is 2. The van der Waals surface area contributed by atoms with Crippen molar-refractivity contribution >= 4 is 43.9 Å². The molecular weight excluding hydrogens is 613 g/mol. The van der Waals surface area contributed by atoms with Gasteiger partial charge in [-0.2, -0.15) is 0 Å². The number of hydrogen-bond acceptors (Lipinski definition) is 4. The maximum atomic E-state index is 6.67. The van der Waals surface area contributed by atoms with Crippen molar-refractivity contribution in [3.05, 3.63) is 170 Å². The Bertz CT molecular complexity index is 2800. The zero-order chi connectivity index (χ0) is 33.0. The summed E-state index contributed by atoms with van der Waals surface area (Å²) < 4.78 is 13.2. The van der Waals surface area contributed by atoms with E-state index < -0.39 is 0 Å². The molecule has 4 nitrogen and oxygen atoms in total. The van der Waals surface area contributed by atoms with Gasteiger partial charge in [0.1, 0.15) is 22.3 Å². The molecule has 3 heterocycles. The van der Waals surface area contributed by atoms with Crippen LogP contribution < -0.4 is 0 Å². The van der Waals surface area contributed by atoms with Gasteiger partial charge < -0.3 is 8.83 Å². The molecule has 0 aliphatic carbocycles. The van der Waals surface area contributed by atoms with Crippen LogP contribution in [0.4, 0.5) is 0 Å². The maximum absolute atomic E-state index is 6.67. The minimum absolute atomic E-state index is 0.694. The molecule has 7 aromatic carbocycles. The van der Waals surface area contributed by atoms with Crippen molar-refractivity contribution in [1.29, 1.82) is 0 Å². The van der Waals surface area contributed by atoms with E-state index in [1.54, 1.807) is 0 Å². The lowest BCUT2D eigenvalue weighted by molar-refractivity contribution is 0.657. The summed E-state index contributed by atoms with van der Waals surface area (Å²) in [5.41, 5.74) is 12.4. The first-order valence-corrected chi connectivity index (χ1v) is 16.7. The molecule has 234 valence electrons. The minimum atomic E-state index is 0.694. The van der Waals surface area contributed by atoms with E-state index in [2.05, 4.69) is 109 Å². The molecule has 3 aromatic heterocycles. The van der Waals surface area contributed by atoms with Crippen LogP contribution in [0.15, 0.2) is 179 Å². The van der Waals surface area contributed by atoms with Crippen LogP contribution in [0.3, 0.4) is 0 Å². The third-order valence-corrected chi connectivity index (χ3v) is 9.50. The van der Waals surface area contributed by atoms with Gasteiger partial charge in [0.2, 0.25) is 0 Å². The molecule has 0 amide bonds. The summed E-state index contributed by atoms with van der Waals surface area (Å²) in [6.07, 6.45) is 0. The second-order valence-electron chi connectivity index (χ2n) is 12.6. The van der Waals surface area contributed by atoms with Crippen LogP contribution in [0.2, 0.25) is 0 Å². The van der Waals surface area contributed by atoms with Crippen molar-refractivity contribution in [2.45, 2.75) is 0 Å². The van der Waals surface area contributed by atoms with Crippen molar-refractivity contribution in [2.75, 3.05) is 0 Å². The maximum Gasteiger partial charge on any atom is 0.160 e. The molecule has 10 aromatic rings. The fraction of sp³-hybridized carbons (Fsp3) is 0. The van der Waals surface area contributed by atoms with E-state index in [1.165, 1.54) is 0 Å². The topological polar surface area (TPSA) is 52.1 Å². The number of aromatic nitrogens is 2. The Morgan fingerprint density at radius 2 is 0.800 bits per heavy atom. The molecule has 0 bridgehead atoms. The average Bonchev–Trinajstić information content (AvgIpc) is 3.75. The third kappa shape index (κ3) is 4.69. The number of rotatable bonds is 5. The quantitative estimate of drug-likeness (QED) is 0.188. The standard InChI is InChI=1S/C46H28N2O2/c1-4-13-29(14-5-1)34-21-11-23-36-38-26-39-37-24-12-22-35(45(37)50-43(39)28-42(38)49-44(34)36)32-19-10-20-33(25-32)41-27-40(30-15-6-2-7-16-30)47-46(48-41)31-17-8-3-9-18-31/h1-28H. The summed E-state index contributed by atoms with van der Waals surface area (Å²) >= 11 is 0. The summed E-state index contributed by atoms with van der Waals surface area (Å²) in [6.45, 7) is 0. The second-order valence-corrected chi connectivity index (χ2v) is 12.6. The smallest absolute Gasteiger partial charge is 0.160 e. The molecule has 0 aliphatic rings. The highest BCUT2D eigenvalue weighted by Crippen LogP contribution is 2.42. The molecule has 0 saturated carbocycles. The highest BCUT2D eigenvalue weighted by molar-refractivity contribution is 6.18. The Hall–Kier alpha value is -6.78. The van der Waals surface area contributed by atoms with Crippen molar-refractivity contribution in [3.8, 4) is 56.2 Å². The molecule has 0 saturated heterocycles. The predicted octanol–water partition coefficient (Wildman–Crippen LogP) is 12.6. The molecule has 0 radical (unpaired) electrons. The van der Waals surface area contributed by atoms with Crippen LogP contribution in [-0.2, 0) is 0 Å². The Morgan fingerprint density at radius 3 is 1.42 bits per heavy atom. The monoisotopic (exact) mass is 640 g/mol. The van der Waals surface area contributed by atoms with Crippen molar-refractivity contribution in [1.82, 2.24) is 9.97 Å². The van der Waals surface area contributed by atoms with Gasteiger partial charge in [-0.05, 0) is 29.3 Å². The second kappa shape index (κ2) is 11.4. The first-order chi connectivity index (χ1) is 24.8. The van der Waals surface area contributed by atoms with Gasteiger partial charge in [-0.25, -0.2) is 9.97 Å². The van der Waals surface area contributed by atoms with Gasteiger partial charge in [-0.15, -0.1) is 0 Å². The Labute approximate surface area is 287 Å². The molecule has 0 fully saturated rings. The molecule has 0 unspecified atom stereocenters. The summed E-state index contributed by atoms with van der Waals surface area (Å²) in [4.78, 5) is 10.0. The van der Waals surface area contributed by atoms with Crippen LogP contribution in [-0.4, -0.2) is 9.97 Å². The van der Waals surface area contributed by atoms with Gasteiger partial charge in [0.05, 0.1) is 11.4 Å². The number of furan rings is 2. The molecule has 10 rings (SSSR count). The van der Waals surface area contributed by atoms with E-state index in [4.69, 9.17) is 18.8 Å². The number of fused-ring (bicyclic) bond motifs is 6. The summed E-state index contributed by atoms with van der Waals surface area (Å²) in [6, 6.07) is 58.4. The lowest BCUT2D eigenvalue weighted by atomic mass is 9.98. The van der Waals surface area contributed by atoms with Crippen LogP contribution in [0, 0.1) is 0 Å². The van der Waals surface area contributed by atoms with Gasteiger partial charge in [-0.3, -0.25) is 0 Å². The van der Waals surface area contributed by atoms with E-state index in [1.807, 2.05) is 60.7 Å². The van der Waals surface area contributed by atoms with Gasteiger partial charge in [0.25, 0.3) is 0 Å². The van der Waals surface area contributed by atoms with Crippen LogP contribution in [0.25, 0.3) is 100 Å². The lowest BCUT2D eigenvalue weighted by Gasteiger charge is -2.11. The van der Waals surface area contributed by atoms with E-state index >= 15 is 0 Å². The minimum Gasteiger partial charge on any atom is -0.455 e. The molecule has 50 heavy (non-hydrogen) atoms. The highest BCUT2D eigenvalue weighted by atomic mass is 16.3. The average molecular weight is 641 g/mol. The Morgan fingerprint density at radius 1 is 0.320 bits per heavy atom. The van der Waals surface area contributed by atoms with Crippen LogP contribution in [0.1, 0.15) is 0 Å². The first-order valence-electron chi connectivity index (χ1n) is 16.7. The zero-order valence-electron chi connectivity index (χ0n) is 26.9. The van der Waals surface area contributed by atoms with Gasteiger partial charge in [0.15, 0.2) is 5.82 Å². The molecule has 0 atom stereocenters. The SMILES string of the molecule is c1ccc(-c2cc(-c3cccc(-c4cccc5c4oc4cc6oc7c(-c8ccccc8)cccc7c6cc45)c3)nc(-c3ccccc3)n2)cc1.